The number of para-hydroxylation sites is 1. The van der Waals surface area contributed by atoms with Crippen LogP contribution in [0.4, 0.5) is 0 Å². The normalized spacial score (nSPS) is 15.4. The van der Waals surface area contributed by atoms with Crippen LogP contribution in [0.25, 0.3) is 22.0 Å². The topological polar surface area (TPSA) is 114 Å². The fraction of sp³-hybridized carbons (Fsp3) is 0.233. The molecule has 0 saturated carbocycles. The summed E-state index contributed by atoms with van der Waals surface area (Å²) in [4.78, 5) is 25.4. The first-order valence-corrected chi connectivity index (χ1v) is 14.5. The summed E-state index contributed by atoms with van der Waals surface area (Å²) in [5.41, 5.74) is 4.44. The third-order valence-corrected chi connectivity index (χ3v) is 9.08. The quantitative estimate of drug-likeness (QED) is 0.291. The average molecular weight is 543 g/mol. The van der Waals surface area contributed by atoms with Crippen molar-refractivity contribution in [3.8, 4) is 22.6 Å². The number of nitrogens with one attached hydrogen (secondary N) is 2. The number of aromatic amines is 1. The predicted octanol–water partition coefficient (Wildman–Crippen LogP) is 5.82. The second-order valence-corrected chi connectivity index (χ2v) is 12.3. The number of hydrogen-bond acceptors (Lipinski definition) is 6. The Bertz CT molecular complexity index is 1690. The number of allylic oxidation sites excluding steroid dienone is 1. The number of aliphatic imine (C=N–C) groups is 1. The third kappa shape index (κ3) is 5.49. The number of fused-ring (bicyclic) bond motifs is 1. The predicted molar refractivity (Wildman–Crippen MR) is 154 cm³/mol. The first-order valence-electron chi connectivity index (χ1n) is 12.9. The van der Waals surface area contributed by atoms with Gasteiger partial charge in [-0.3, -0.25) is 14.8 Å². The van der Waals surface area contributed by atoms with Crippen LogP contribution in [0.3, 0.4) is 0 Å². The molecule has 0 aliphatic carbocycles. The Balaban J connectivity index is 1.41. The van der Waals surface area contributed by atoms with Crippen LogP contribution < -0.4 is 10.1 Å². The maximum absolute atomic E-state index is 13.5. The van der Waals surface area contributed by atoms with Gasteiger partial charge in [0.1, 0.15) is 11.5 Å². The van der Waals surface area contributed by atoms with Gasteiger partial charge in [0.05, 0.1) is 22.7 Å². The molecule has 1 aliphatic heterocycles. The fourth-order valence-electron chi connectivity index (χ4n) is 4.52. The Kier molecular flexibility index (Phi) is 7.34. The zero-order valence-electron chi connectivity index (χ0n) is 22.0. The van der Waals surface area contributed by atoms with Crippen molar-refractivity contribution in [2.24, 2.45) is 4.99 Å². The van der Waals surface area contributed by atoms with E-state index < -0.39 is 20.5 Å². The number of aromatic nitrogens is 2. The Morgan fingerprint density at radius 3 is 2.56 bits per heavy atom. The lowest BCUT2D eigenvalue weighted by atomic mass is 10.0. The minimum absolute atomic E-state index is 0.222. The summed E-state index contributed by atoms with van der Waals surface area (Å²) < 4.78 is 30.8. The Hall–Kier alpha value is -4.24. The monoisotopic (exact) mass is 542 g/mol. The molecule has 0 bridgehead atoms. The first-order chi connectivity index (χ1) is 18.8. The van der Waals surface area contributed by atoms with E-state index in [-0.39, 0.29) is 12.3 Å². The van der Waals surface area contributed by atoms with E-state index in [1.807, 2.05) is 61.5 Å². The lowest BCUT2D eigenvalue weighted by Gasteiger charge is -2.19. The molecule has 39 heavy (non-hydrogen) atoms. The van der Waals surface area contributed by atoms with E-state index in [2.05, 4.69) is 20.3 Å². The van der Waals surface area contributed by atoms with Crippen LogP contribution >= 0.6 is 0 Å². The lowest BCUT2D eigenvalue weighted by Crippen LogP contribution is -2.31. The molecular weight excluding hydrogens is 512 g/mol. The van der Waals surface area contributed by atoms with E-state index >= 15 is 0 Å². The van der Waals surface area contributed by atoms with Gasteiger partial charge in [-0.25, -0.2) is 8.42 Å². The number of hydrogen-bond donors (Lipinski definition) is 2. The molecule has 200 valence electrons. The maximum Gasteiger partial charge on any atom is 0.258 e. The molecule has 1 amide bonds. The summed E-state index contributed by atoms with van der Waals surface area (Å²) in [6.07, 6.45) is 7.43. The lowest BCUT2D eigenvalue weighted by molar-refractivity contribution is 0.0968. The van der Waals surface area contributed by atoms with Crippen molar-refractivity contribution in [2.75, 3.05) is 0 Å². The van der Waals surface area contributed by atoms with Gasteiger partial charge < -0.3 is 15.0 Å². The summed E-state index contributed by atoms with van der Waals surface area (Å²) in [5, 5.41) is 2.35. The average Bonchev–Trinajstić information content (AvgIpc) is 3.32. The second kappa shape index (κ2) is 10.9. The Labute approximate surface area is 227 Å². The minimum Gasteiger partial charge on any atom is -0.456 e. The van der Waals surface area contributed by atoms with E-state index in [1.165, 1.54) is 6.21 Å². The van der Waals surface area contributed by atoms with Crippen molar-refractivity contribution in [3.05, 3.63) is 90.0 Å². The highest BCUT2D eigenvalue weighted by Gasteiger charge is 2.29. The van der Waals surface area contributed by atoms with E-state index in [0.717, 1.165) is 33.5 Å². The molecule has 0 spiro atoms. The highest BCUT2D eigenvalue weighted by molar-refractivity contribution is 7.92. The van der Waals surface area contributed by atoms with Gasteiger partial charge in [-0.05, 0) is 56.2 Å². The van der Waals surface area contributed by atoms with Gasteiger partial charge >= 0.3 is 0 Å². The number of amides is 1. The van der Waals surface area contributed by atoms with Gasteiger partial charge in [-0.15, -0.1) is 0 Å². The molecule has 3 heterocycles. The second-order valence-electron chi connectivity index (χ2n) is 9.64. The molecule has 1 atom stereocenters. The first kappa shape index (κ1) is 26.4. The molecule has 2 N–H and O–H groups in total. The number of H-pyrrole nitrogens is 1. The summed E-state index contributed by atoms with van der Waals surface area (Å²) in [6, 6.07) is 17.3. The maximum atomic E-state index is 13.5. The molecule has 0 fully saturated rings. The fourth-order valence-corrected chi connectivity index (χ4v) is 5.75. The standard InChI is InChI=1S/C30H30N4O4S/c1-4-26-29(30(35)33-22-11-13-28(32-17-22)39(36,37)19(2)3)25-15-20(10-12-27(25)34-26)21-14-24(18-31-16-21)38-23-8-6-5-7-9-23/h5-12,14-19,28,34H,4,13H2,1-3H3,(H,33,35). The number of nitrogens with zero attached hydrogens (tertiary/aromatic N) is 2. The zero-order valence-corrected chi connectivity index (χ0v) is 22.8. The Morgan fingerprint density at radius 2 is 1.87 bits per heavy atom. The smallest absolute Gasteiger partial charge is 0.258 e. The summed E-state index contributed by atoms with van der Waals surface area (Å²) in [5.74, 6) is 1.05. The van der Waals surface area contributed by atoms with Gasteiger partial charge in [-0.2, -0.15) is 0 Å². The zero-order chi connectivity index (χ0) is 27.6. The summed E-state index contributed by atoms with van der Waals surface area (Å²) in [7, 11) is -3.36. The van der Waals surface area contributed by atoms with Crippen LogP contribution in [0.15, 0.2) is 83.8 Å². The van der Waals surface area contributed by atoms with Crippen molar-refractivity contribution >= 4 is 32.9 Å². The van der Waals surface area contributed by atoms with Gasteiger partial charge in [0.25, 0.3) is 5.91 Å². The molecule has 9 heteroatoms. The highest BCUT2D eigenvalue weighted by atomic mass is 32.2. The van der Waals surface area contributed by atoms with Crippen LogP contribution in [0.5, 0.6) is 11.5 Å². The van der Waals surface area contributed by atoms with Crippen LogP contribution in [-0.4, -0.2) is 41.1 Å². The van der Waals surface area contributed by atoms with Gasteiger partial charge in [0, 0.05) is 41.0 Å². The summed E-state index contributed by atoms with van der Waals surface area (Å²) >= 11 is 0. The van der Waals surface area contributed by atoms with Gasteiger partial charge in [0.2, 0.25) is 0 Å². The SMILES string of the molecule is CCc1[nH]c2ccc(-c3cncc(Oc4ccccc4)c3)cc2c1C(=O)NC1=CCC(S(=O)(=O)C(C)C)N=C1. The minimum atomic E-state index is -3.36. The number of ether oxygens (including phenoxy) is 1. The van der Waals surface area contributed by atoms with Crippen molar-refractivity contribution < 1.29 is 17.9 Å². The molecule has 5 rings (SSSR count). The molecule has 4 aromatic rings. The largest absolute Gasteiger partial charge is 0.456 e. The molecule has 8 nitrogen and oxygen atoms in total. The van der Waals surface area contributed by atoms with E-state index in [1.54, 1.807) is 32.3 Å². The van der Waals surface area contributed by atoms with Crippen LogP contribution in [0, 0.1) is 0 Å². The number of pyridine rings is 1. The van der Waals surface area contributed by atoms with Crippen molar-refractivity contribution in [1.29, 1.82) is 0 Å². The molecule has 1 aliphatic rings. The number of aryl methyl sites for hydroxylation is 1. The molecule has 0 saturated heterocycles. The van der Waals surface area contributed by atoms with Crippen LogP contribution in [-0.2, 0) is 16.3 Å². The van der Waals surface area contributed by atoms with Crippen molar-refractivity contribution in [2.45, 2.75) is 44.2 Å². The van der Waals surface area contributed by atoms with Gasteiger partial charge in [-0.1, -0.05) is 37.3 Å². The molecule has 0 radical (unpaired) electrons. The molecule has 1 unspecified atom stereocenters. The highest BCUT2D eigenvalue weighted by Crippen LogP contribution is 2.31. The third-order valence-electron chi connectivity index (χ3n) is 6.70. The number of carbonyl (C=O) groups is 1. The number of rotatable bonds is 8. The van der Waals surface area contributed by atoms with Crippen molar-refractivity contribution in [3.63, 3.8) is 0 Å². The van der Waals surface area contributed by atoms with Gasteiger partial charge in [0.15, 0.2) is 15.2 Å². The number of carbonyl (C=O) groups excluding carboxylic acids is 1. The van der Waals surface area contributed by atoms with E-state index in [0.29, 0.717) is 23.4 Å². The number of dihydropyridines is 1. The molecule has 2 aromatic carbocycles. The van der Waals surface area contributed by atoms with Crippen LogP contribution in [0.2, 0.25) is 0 Å². The van der Waals surface area contributed by atoms with Crippen LogP contribution in [0.1, 0.15) is 43.2 Å². The Morgan fingerprint density at radius 1 is 1.08 bits per heavy atom. The number of benzene rings is 2. The molecular formula is C30H30N4O4S. The van der Waals surface area contributed by atoms with E-state index in [9.17, 15) is 13.2 Å². The van der Waals surface area contributed by atoms with E-state index in [4.69, 9.17) is 4.74 Å². The molecule has 2 aromatic heterocycles. The van der Waals surface area contributed by atoms with Crippen molar-refractivity contribution in [1.82, 2.24) is 15.3 Å². The number of sulfone groups is 1. The summed E-state index contributed by atoms with van der Waals surface area (Å²) in [6.45, 7) is 5.28.